The number of hydrogen-bond acceptors (Lipinski definition) is 2. The fourth-order valence-corrected chi connectivity index (χ4v) is 17.8. The molecule has 0 amide bonds. The fourth-order valence-electron chi connectivity index (χ4n) is 17.8. The Morgan fingerprint density at radius 3 is 1.32 bits per heavy atom. The second-order valence-electron chi connectivity index (χ2n) is 31.9. The van der Waals surface area contributed by atoms with Gasteiger partial charge in [0.05, 0.1) is 34.7 Å². The molecule has 0 bridgehead atoms. The molecule has 21 rings (SSSR count). The number of nitrogens with zero attached hydrogens (tertiary/aromatic N) is 3. The Balaban J connectivity index is 0.967. The van der Waals surface area contributed by atoms with E-state index in [4.69, 9.17) is 0 Å². The van der Waals surface area contributed by atoms with E-state index in [1.807, 2.05) is 42.5 Å². The molecule has 2 aliphatic rings. The van der Waals surface area contributed by atoms with Crippen molar-refractivity contribution in [1.82, 2.24) is 4.57 Å². The molecule has 18 aromatic carbocycles. The van der Waals surface area contributed by atoms with Crippen LogP contribution in [0.2, 0.25) is 0 Å². The third-order valence-electron chi connectivity index (χ3n) is 23.2. The lowest BCUT2D eigenvalue weighted by molar-refractivity contribution is 0.590. The number of para-hydroxylation sites is 2. The molecule has 530 valence electrons. The van der Waals surface area contributed by atoms with Gasteiger partial charge in [0.25, 0.3) is 6.71 Å². The van der Waals surface area contributed by atoms with Crippen LogP contribution in [0.25, 0.3) is 148 Å². The third kappa shape index (κ3) is 10.9. The van der Waals surface area contributed by atoms with Gasteiger partial charge >= 0.3 is 0 Å². The summed E-state index contributed by atoms with van der Waals surface area (Å²) in [5.74, 6) is 0. The lowest BCUT2D eigenvalue weighted by Gasteiger charge is -2.46. The van der Waals surface area contributed by atoms with Gasteiger partial charge in [-0.1, -0.05) is 351 Å². The molecule has 4 heteroatoms. The summed E-state index contributed by atoms with van der Waals surface area (Å²) in [6.07, 6.45) is 0. The van der Waals surface area contributed by atoms with Gasteiger partial charge in [0, 0.05) is 61.5 Å². The van der Waals surface area contributed by atoms with Crippen molar-refractivity contribution in [2.75, 3.05) is 9.80 Å². The van der Waals surface area contributed by atoms with Crippen molar-refractivity contribution in [3.63, 3.8) is 0 Å². The van der Waals surface area contributed by atoms with Crippen LogP contribution in [0.3, 0.4) is 0 Å². The molecule has 2 aliphatic heterocycles. The third-order valence-corrected chi connectivity index (χ3v) is 23.2. The minimum absolute atomic E-state index is 0.0476. The number of fused-ring (bicyclic) bond motifs is 13. The molecule has 0 fully saturated rings. The first-order chi connectivity index (χ1) is 58.6. The van der Waals surface area contributed by atoms with Crippen LogP contribution in [0.4, 0.5) is 34.1 Å². The predicted octanol–water partition coefficient (Wildman–Crippen LogP) is 27.7. The molecule has 0 aliphatic carbocycles. The van der Waals surface area contributed by atoms with E-state index in [0.717, 1.165) is 149 Å². The average molecular weight is 1440 g/mol. The van der Waals surface area contributed by atoms with E-state index in [0.29, 0.717) is 33.9 Å². The molecule has 0 spiro atoms. The summed E-state index contributed by atoms with van der Waals surface area (Å²) in [5.41, 5.74) is 19.4. The minimum atomic E-state index is -0.893. The zero-order chi connectivity index (χ0) is 82.9. The second-order valence-corrected chi connectivity index (χ2v) is 31.9. The van der Waals surface area contributed by atoms with Crippen molar-refractivity contribution in [3.05, 3.63) is 387 Å². The van der Waals surface area contributed by atoms with Gasteiger partial charge in [0.2, 0.25) is 0 Å². The molecule has 0 radical (unpaired) electrons. The maximum atomic E-state index is 11.9. The van der Waals surface area contributed by atoms with Gasteiger partial charge in [-0.05, 0) is 204 Å². The average Bonchev–Trinajstić information content (AvgIpc) is 0.959. The monoisotopic (exact) mass is 1440 g/mol. The first-order valence-electron chi connectivity index (χ1n) is 43.2. The molecule has 1 aromatic heterocycles. The zero-order valence-corrected chi connectivity index (χ0v) is 63.0. The summed E-state index contributed by atoms with van der Waals surface area (Å²) >= 11 is 0. The van der Waals surface area contributed by atoms with Gasteiger partial charge in [0.15, 0.2) is 0 Å². The van der Waals surface area contributed by atoms with E-state index in [1.165, 1.54) is 0 Å². The molecule has 3 heterocycles. The first-order valence-corrected chi connectivity index (χ1v) is 38.7. The second kappa shape index (κ2) is 26.1. The topological polar surface area (TPSA) is 11.4 Å². The highest BCUT2D eigenvalue weighted by Gasteiger charge is 2.47. The van der Waals surface area contributed by atoms with E-state index in [2.05, 4.69) is 318 Å². The Morgan fingerprint density at radius 2 is 0.732 bits per heavy atom. The summed E-state index contributed by atoms with van der Waals surface area (Å²) in [6.45, 7) is 12.3. The Bertz CT molecular complexity index is 7410. The molecule has 0 saturated heterocycles. The Kier molecular flexibility index (Phi) is 13.4. The van der Waals surface area contributed by atoms with E-state index >= 15 is 0 Å². The molecular weight excluding hydrogens is 1350 g/mol. The first kappa shape index (κ1) is 57.6. The van der Waals surface area contributed by atoms with Crippen molar-refractivity contribution < 1.29 is 12.3 Å². The van der Waals surface area contributed by atoms with E-state index in [9.17, 15) is 12.3 Å². The highest BCUT2D eigenvalue weighted by molar-refractivity contribution is 7.00. The van der Waals surface area contributed by atoms with Gasteiger partial charge in [0.1, 0.15) is 0 Å². The summed E-state index contributed by atoms with van der Waals surface area (Å²) < 4.78 is 95.0. The van der Waals surface area contributed by atoms with Gasteiger partial charge in [-0.25, -0.2) is 0 Å². The number of aromatic nitrogens is 1. The van der Waals surface area contributed by atoms with Crippen LogP contribution in [0, 0.1) is 0 Å². The van der Waals surface area contributed by atoms with Crippen LogP contribution >= 0.6 is 0 Å². The predicted molar refractivity (Wildman–Crippen MR) is 480 cm³/mol. The van der Waals surface area contributed by atoms with Gasteiger partial charge < -0.3 is 14.4 Å². The van der Waals surface area contributed by atoms with E-state index in [1.54, 1.807) is 16.7 Å². The number of anilines is 6. The van der Waals surface area contributed by atoms with Gasteiger partial charge in [-0.15, -0.1) is 0 Å². The van der Waals surface area contributed by atoms with Crippen molar-refractivity contribution in [2.45, 2.75) is 52.4 Å². The lowest BCUT2D eigenvalue weighted by atomic mass is 9.33. The molecule has 112 heavy (non-hydrogen) atoms. The number of rotatable bonds is 10. The minimum Gasteiger partial charge on any atom is -0.310 e. The molecule has 0 unspecified atom stereocenters. The molecule has 0 saturated carbocycles. The van der Waals surface area contributed by atoms with Gasteiger partial charge in [-0.3, -0.25) is 0 Å². The highest BCUT2D eigenvalue weighted by atomic mass is 15.2. The largest absolute Gasteiger partial charge is 0.310 e. The Labute approximate surface area is 668 Å². The van der Waals surface area contributed by atoms with Crippen LogP contribution in [0.5, 0.6) is 0 Å². The Morgan fingerprint density at radius 1 is 0.268 bits per heavy atom. The SMILES string of the molecule is [2H]c1c2c3c(c([2H])c1C(C)(C)C)N(c1c(-c4cccc5c4ccc4ccccc45)cccc1-c1cccc4c1ccc1ccccc14)c1ccc(-c4cccc(-c5ccccc5)c4)cc1B3c1ccc(-n3c4c([2H])c([2H])c([2H])c([2H])c4c4c([2H])c(-c5ccccc5)c([2H])c([2H])c43)cc1N2c1c(-c2ccccc2)cc(C(C)(C)C)cc1-c1ccccc1. The zero-order valence-electron chi connectivity index (χ0n) is 72.0. The summed E-state index contributed by atoms with van der Waals surface area (Å²) in [5, 5.41) is 8.99. The van der Waals surface area contributed by atoms with Crippen molar-refractivity contribution >= 4 is 122 Å². The summed E-state index contributed by atoms with van der Waals surface area (Å²) in [6, 6.07) is 111. The van der Waals surface area contributed by atoms with Crippen molar-refractivity contribution in [1.29, 1.82) is 0 Å². The smallest absolute Gasteiger partial charge is 0.252 e. The van der Waals surface area contributed by atoms with Crippen molar-refractivity contribution in [2.24, 2.45) is 0 Å². The molecule has 3 nitrogen and oxygen atoms in total. The quantitative estimate of drug-likeness (QED) is 0.0999. The van der Waals surface area contributed by atoms with E-state index in [-0.39, 0.29) is 69.7 Å². The standard InChI is InChI=1S/C108H80BN3/c1-107(2,3)79-64-93(71-33-15-9-16-34-71)106(94(65-79)72-35-17-10-18-36-72)112-101-68-81(110-98-50-24-23-43-90(98)95-62-77(53-59-99(95)110)70-31-13-8-14-32-70)55-58-96(101)109-97-63-78(76-40-25-39-75(61-76)69-29-11-7-12-30-69)54-60-100(97)111(102-66-80(108(4,5)6)67-103(112)104(102)109)105-91(86-46-26-44-84-82-41-21-19-37-73(82)51-56-88(84)86)48-28-49-92(105)87-47-27-45-85-83-42-22-20-38-74(83)52-57-89(85)87/h7-68H,1-6H3/i23D,24D,43D,50D,53D,59D,62D,66D,67D. The highest BCUT2D eigenvalue weighted by Crippen LogP contribution is 2.56. The van der Waals surface area contributed by atoms with Gasteiger partial charge in [-0.2, -0.15) is 0 Å². The van der Waals surface area contributed by atoms with E-state index < -0.39 is 29.6 Å². The fraction of sp³-hybridized carbons (Fsp3) is 0.0741. The normalized spacial score (nSPS) is 13.8. The number of hydrogen-bond donors (Lipinski definition) is 0. The van der Waals surface area contributed by atoms with Crippen LogP contribution in [0.15, 0.2) is 376 Å². The Hall–Kier alpha value is -13.5. The van der Waals surface area contributed by atoms with Crippen LogP contribution < -0.4 is 26.2 Å². The number of benzene rings is 18. The lowest BCUT2D eigenvalue weighted by Crippen LogP contribution is -2.61. The van der Waals surface area contributed by atoms with Crippen LogP contribution in [-0.2, 0) is 10.8 Å². The molecule has 0 N–H and O–H groups in total. The van der Waals surface area contributed by atoms with Crippen LogP contribution in [-0.4, -0.2) is 11.3 Å². The molecule has 19 aromatic rings. The van der Waals surface area contributed by atoms with Crippen LogP contribution in [0.1, 0.15) is 65.0 Å². The molecular formula is C108H80BN3. The molecule has 0 atom stereocenters. The summed E-state index contributed by atoms with van der Waals surface area (Å²) in [4.78, 5) is 4.70. The maximum Gasteiger partial charge on any atom is 0.252 e. The maximum absolute atomic E-state index is 11.9. The summed E-state index contributed by atoms with van der Waals surface area (Å²) in [7, 11) is 0. The van der Waals surface area contributed by atoms with Crippen molar-refractivity contribution in [3.8, 4) is 83.6 Å².